The van der Waals surface area contributed by atoms with Crippen LogP contribution in [0.15, 0.2) is 59.1 Å². The van der Waals surface area contributed by atoms with Gasteiger partial charge in [-0.2, -0.15) is 0 Å². The molecule has 2 aromatic rings. The van der Waals surface area contributed by atoms with Crippen LogP contribution in [0.2, 0.25) is 0 Å². The van der Waals surface area contributed by atoms with E-state index in [1.807, 2.05) is 54.6 Å². The smallest absolute Gasteiger partial charge is 0.267 e. The summed E-state index contributed by atoms with van der Waals surface area (Å²) in [6, 6.07) is 17.1. The summed E-state index contributed by atoms with van der Waals surface area (Å²) in [4.78, 5) is 11.1. The maximum atomic E-state index is 12.5. The summed E-state index contributed by atoms with van der Waals surface area (Å²) in [6.07, 6.45) is 0. The Morgan fingerprint density at radius 3 is 2.40 bits per heavy atom. The third-order valence-electron chi connectivity index (χ3n) is 2.80. The number of benzene rings is 2. The van der Waals surface area contributed by atoms with Gasteiger partial charge < -0.3 is 10.3 Å². The molecule has 104 valence electrons. The van der Waals surface area contributed by atoms with Crippen LogP contribution >= 0.6 is 15.9 Å². The van der Waals surface area contributed by atoms with Gasteiger partial charge in [-0.25, -0.2) is 0 Å². The molecule has 20 heavy (non-hydrogen) atoms. The summed E-state index contributed by atoms with van der Waals surface area (Å²) in [6.45, 7) is 0. The molecule has 0 aliphatic carbocycles. The molecule has 0 aromatic heterocycles. The quantitative estimate of drug-likeness (QED) is 0.841. The van der Waals surface area contributed by atoms with Crippen LogP contribution < -0.4 is 5.73 Å². The number of nitrogens with two attached hydrogens (primary N) is 1. The molecule has 0 aliphatic heterocycles. The highest BCUT2D eigenvalue weighted by Gasteiger charge is 2.28. The predicted molar refractivity (Wildman–Crippen MR) is 84.6 cm³/mol. The first-order valence-electron chi connectivity index (χ1n) is 6.04. The van der Waals surface area contributed by atoms with E-state index in [-0.39, 0.29) is 11.0 Å². The molecule has 2 unspecified atom stereocenters. The van der Waals surface area contributed by atoms with Gasteiger partial charge in [0.15, 0.2) is 11.0 Å². The number of carbonyl (C=O) groups is 1. The summed E-state index contributed by atoms with van der Waals surface area (Å²) in [5.41, 5.74) is 6.98. The fourth-order valence-electron chi connectivity index (χ4n) is 2.02. The number of primary amides is 1. The van der Waals surface area contributed by atoms with Gasteiger partial charge in [-0.15, -0.1) is 0 Å². The van der Waals surface area contributed by atoms with Gasteiger partial charge >= 0.3 is 0 Å². The Labute approximate surface area is 129 Å². The van der Waals surface area contributed by atoms with Crippen molar-refractivity contribution in [3.05, 3.63) is 70.2 Å². The molecule has 0 spiro atoms. The second-order valence-electron chi connectivity index (χ2n) is 4.34. The third-order valence-corrected chi connectivity index (χ3v) is 4.93. The molecule has 2 atom stereocenters. The molecular formula is C15H14BrNO2S. The zero-order chi connectivity index (χ0) is 14.5. The second-order valence-corrected chi connectivity index (χ2v) is 6.77. The second kappa shape index (κ2) is 6.92. The monoisotopic (exact) mass is 351 g/mol. The fraction of sp³-hybridized carbons (Fsp3) is 0.133. The Kier molecular flexibility index (Phi) is 5.23. The minimum atomic E-state index is -1.39. The van der Waals surface area contributed by atoms with E-state index >= 15 is 0 Å². The van der Waals surface area contributed by atoms with Crippen molar-refractivity contribution in [2.75, 3.05) is 5.75 Å². The van der Waals surface area contributed by atoms with Crippen LogP contribution in [0.3, 0.4) is 0 Å². The Morgan fingerprint density at radius 2 is 1.80 bits per heavy atom. The maximum Gasteiger partial charge on any atom is 0.267 e. The van der Waals surface area contributed by atoms with Crippen molar-refractivity contribution in [3.8, 4) is 0 Å². The van der Waals surface area contributed by atoms with Crippen molar-refractivity contribution in [2.45, 2.75) is 5.25 Å². The van der Waals surface area contributed by atoms with Gasteiger partial charge in [-0.3, -0.25) is 4.79 Å². The minimum Gasteiger partial charge on any atom is -0.615 e. The van der Waals surface area contributed by atoms with Crippen molar-refractivity contribution in [3.63, 3.8) is 0 Å². The van der Waals surface area contributed by atoms with Crippen molar-refractivity contribution in [2.24, 2.45) is 5.73 Å². The van der Waals surface area contributed by atoms with Crippen molar-refractivity contribution in [1.82, 2.24) is 0 Å². The van der Waals surface area contributed by atoms with Crippen LogP contribution in [0.25, 0.3) is 0 Å². The fourth-order valence-corrected chi connectivity index (χ4v) is 3.79. The molecule has 2 aromatic carbocycles. The highest BCUT2D eigenvalue weighted by molar-refractivity contribution is 9.10. The van der Waals surface area contributed by atoms with Crippen LogP contribution in [0, 0.1) is 0 Å². The van der Waals surface area contributed by atoms with Gasteiger partial charge in [0, 0.05) is 15.6 Å². The van der Waals surface area contributed by atoms with E-state index in [0.717, 1.165) is 15.6 Å². The van der Waals surface area contributed by atoms with Crippen LogP contribution in [0.1, 0.15) is 16.4 Å². The van der Waals surface area contributed by atoms with Crippen LogP contribution in [0.4, 0.5) is 0 Å². The Morgan fingerprint density at radius 1 is 1.15 bits per heavy atom. The van der Waals surface area contributed by atoms with Crippen LogP contribution in [-0.2, 0) is 16.0 Å². The number of carbonyl (C=O) groups excluding carboxylic acids is 1. The zero-order valence-electron chi connectivity index (χ0n) is 10.7. The Bertz CT molecular complexity index is 591. The van der Waals surface area contributed by atoms with Gasteiger partial charge in [0.1, 0.15) is 0 Å². The summed E-state index contributed by atoms with van der Waals surface area (Å²) < 4.78 is 13.4. The Hall–Kier alpha value is -1.30. The largest absolute Gasteiger partial charge is 0.615 e. The van der Waals surface area contributed by atoms with Gasteiger partial charge in [-0.1, -0.05) is 58.4 Å². The van der Waals surface area contributed by atoms with E-state index in [1.165, 1.54) is 0 Å². The number of amides is 1. The molecule has 2 N–H and O–H groups in total. The third kappa shape index (κ3) is 3.85. The predicted octanol–water partition coefficient (Wildman–Crippen LogP) is 2.77. The molecule has 0 heterocycles. The molecule has 3 nitrogen and oxygen atoms in total. The molecular weight excluding hydrogens is 338 g/mol. The highest BCUT2D eigenvalue weighted by atomic mass is 79.9. The first-order valence-corrected chi connectivity index (χ1v) is 8.21. The zero-order valence-corrected chi connectivity index (χ0v) is 13.1. The summed E-state index contributed by atoms with van der Waals surface area (Å²) in [5.74, 6) is -0.703. The number of halogens is 1. The number of hydrogen-bond acceptors (Lipinski definition) is 2. The molecule has 0 fully saturated rings. The average molecular weight is 352 g/mol. The van der Waals surface area contributed by atoms with Gasteiger partial charge in [0.25, 0.3) is 5.91 Å². The molecule has 5 heteroatoms. The lowest BCUT2D eigenvalue weighted by molar-refractivity contribution is -0.115. The van der Waals surface area contributed by atoms with E-state index < -0.39 is 17.1 Å². The maximum absolute atomic E-state index is 12.5. The number of hydrogen-bond donors (Lipinski definition) is 1. The molecule has 0 radical (unpaired) electrons. The van der Waals surface area contributed by atoms with E-state index in [9.17, 15) is 9.35 Å². The molecule has 0 bridgehead atoms. The van der Waals surface area contributed by atoms with E-state index in [2.05, 4.69) is 15.9 Å². The summed E-state index contributed by atoms with van der Waals surface area (Å²) >= 11 is 2.02. The molecule has 0 aliphatic rings. The topological polar surface area (TPSA) is 66.2 Å². The van der Waals surface area contributed by atoms with Gasteiger partial charge in [0.2, 0.25) is 0 Å². The SMILES string of the molecule is NC(=O)C[S+]([O-])C(c1ccccc1)c1cccc(Br)c1. The van der Waals surface area contributed by atoms with E-state index in [1.54, 1.807) is 0 Å². The van der Waals surface area contributed by atoms with Gasteiger partial charge in [-0.05, 0) is 23.3 Å². The van der Waals surface area contributed by atoms with Crippen molar-refractivity contribution in [1.29, 1.82) is 0 Å². The lowest BCUT2D eigenvalue weighted by Gasteiger charge is -2.21. The molecule has 2 rings (SSSR count). The van der Waals surface area contributed by atoms with E-state index in [4.69, 9.17) is 5.73 Å². The summed E-state index contributed by atoms with van der Waals surface area (Å²) in [7, 11) is 0. The standard InChI is InChI=1S/C15H14BrNO2S/c16-13-8-4-7-12(9-13)15(20(19)10-14(17)18)11-5-2-1-3-6-11/h1-9,15H,10H2,(H2,17,18). The molecule has 0 saturated heterocycles. The van der Waals surface area contributed by atoms with Crippen LogP contribution in [-0.4, -0.2) is 16.2 Å². The highest BCUT2D eigenvalue weighted by Crippen LogP contribution is 2.32. The van der Waals surface area contributed by atoms with Gasteiger partial charge in [0.05, 0.1) is 0 Å². The van der Waals surface area contributed by atoms with E-state index in [0.29, 0.717) is 0 Å². The molecule has 0 saturated carbocycles. The lowest BCUT2D eigenvalue weighted by Crippen LogP contribution is -2.27. The molecule has 1 amide bonds. The first-order chi connectivity index (χ1) is 9.58. The number of rotatable bonds is 5. The Balaban J connectivity index is 2.41. The lowest BCUT2D eigenvalue weighted by atomic mass is 10.0. The summed E-state index contributed by atoms with van der Waals surface area (Å²) in [5, 5.41) is -0.360. The van der Waals surface area contributed by atoms with Crippen molar-refractivity contribution < 1.29 is 9.35 Å². The normalized spacial score (nSPS) is 13.7. The first kappa shape index (κ1) is 15.1. The van der Waals surface area contributed by atoms with Crippen LogP contribution in [0.5, 0.6) is 0 Å². The van der Waals surface area contributed by atoms with Crippen molar-refractivity contribution >= 4 is 33.0 Å². The average Bonchev–Trinajstić information content (AvgIpc) is 2.39. The minimum absolute atomic E-state index is 0.147.